The highest BCUT2D eigenvalue weighted by atomic mass is 31.2. The maximum absolute atomic E-state index is 13.1. The van der Waals surface area contributed by atoms with Crippen molar-refractivity contribution in [3.05, 3.63) is 75.1 Å². The van der Waals surface area contributed by atoms with Crippen molar-refractivity contribution in [2.75, 3.05) is 6.61 Å². The monoisotopic (exact) mass is 451 g/mol. The summed E-state index contributed by atoms with van der Waals surface area (Å²) in [5.41, 5.74) is -0.786. The Hall–Kier alpha value is -2.98. The number of carboxylic acid groups (broad SMARTS) is 1. The average molecular weight is 451 g/mol. The summed E-state index contributed by atoms with van der Waals surface area (Å²) in [5, 5.41) is 11.5. The Morgan fingerprint density at radius 1 is 1.32 bits per heavy atom. The first-order valence-corrected chi connectivity index (χ1v) is 10.9. The van der Waals surface area contributed by atoms with Crippen molar-refractivity contribution < 1.29 is 28.3 Å². The third kappa shape index (κ3) is 5.80. The second kappa shape index (κ2) is 9.44. The van der Waals surface area contributed by atoms with Crippen LogP contribution in [0.5, 0.6) is 5.75 Å². The number of carbonyl (C=O) groups is 1. The molecule has 1 aromatic carbocycles. The predicted octanol–water partition coefficient (Wildman–Crippen LogP) is 1.57. The van der Waals surface area contributed by atoms with E-state index in [2.05, 4.69) is 10.1 Å². The maximum atomic E-state index is 13.1. The molecule has 11 nitrogen and oxygen atoms in total. The van der Waals surface area contributed by atoms with Crippen molar-refractivity contribution in [3.63, 3.8) is 0 Å². The number of nitrogens with one attached hydrogen (secondary N) is 2. The Labute approximate surface area is 176 Å². The zero-order valence-electron chi connectivity index (χ0n) is 16.8. The van der Waals surface area contributed by atoms with E-state index in [4.69, 9.17) is 18.9 Å². The molecular formula is C19H22N3O8P. The van der Waals surface area contributed by atoms with Crippen LogP contribution in [0.4, 0.5) is 0 Å². The van der Waals surface area contributed by atoms with E-state index in [1.54, 1.807) is 49.4 Å². The molecule has 1 aromatic heterocycles. The second-order valence-corrected chi connectivity index (χ2v) is 8.51. The van der Waals surface area contributed by atoms with Crippen molar-refractivity contribution in [3.8, 4) is 5.75 Å². The van der Waals surface area contributed by atoms with E-state index in [0.29, 0.717) is 5.56 Å². The van der Waals surface area contributed by atoms with Gasteiger partial charge in [0.05, 0.1) is 6.61 Å². The van der Waals surface area contributed by atoms with Crippen LogP contribution in [0.3, 0.4) is 0 Å². The molecule has 0 aliphatic carbocycles. The summed E-state index contributed by atoms with van der Waals surface area (Å²) in [7, 11) is -4.08. The van der Waals surface area contributed by atoms with Crippen LogP contribution in [0.25, 0.3) is 0 Å². The highest BCUT2D eigenvalue weighted by Gasteiger charge is 2.33. The van der Waals surface area contributed by atoms with Gasteiger partial charge in [0.15, 0.2) is 6.23 Å². The first kappa shape index (κ1) is 22.7. The molecule has 3 N–H and O–H groups in total. The normalized spacial score (nSPS) is 20.8. The van der Waals surface area contributed by atoms with Gasteiger partial charge in [0.1, 0.15) is 17.9 Å². The molecule has 4 atom stereocenters. The molecule has 31 heavy (non-hydrogen) atoms. The third-order valence-corrected chi connectivity index (χ3v) is 5.97. The topological polar surface area (TPSA) is 149 Å². The third-order valence-electron chi connectivity index (χ3n) is 4.32. The summed E-state index contributed by atoms with van der Waals surface area (Å²) in [5.74, 6) is -1.00. The van der Waals surface area contributed by atoms with Crippen LogP contribution in [0, 0.1) is 6.92 Å². The van der Waals surface area contributed by atoms with Crippen molar-refractivity contribution in [2.24, 2.45) is 0 Å². The van der Waals surface area contributed by atoms with E-state index in [-0.39, 0.29) is 12.4 Å². The van der Waals surface area contributed by atoms with Gasteiger partial charge in [-0.25, -0.2) is 9.36 Å². The number of aryl methyl sites for hydroxylation is 1. The fourth-order valence-electron chi connectivity index (χ4n) is 2.69. The number of hydrogen-bond acceptors (Lipinski definition) is 7. The minimum Gasteiger partial charge on any atom is -0.480 e. The first-order valence-electron chi connectivity index (χ1n) is 9.32. The lowest BCUT2D eigenvalue weighted by molar-refractivity contribution is -0.138. The molecule has 0 saturated carbocycles. The van der Waals surface area contributed by atoms with Crippen LogP contribution in [-0.4, -0.2) is 39.4 Å². The summed E-state index contributed by atoms with van der Waals surface area (Å²) in [4.78, 5) is 36.9. The van der Waals surface area contributed by atoms with Gasteiger partial charge in [-0.2, -0.15) is 5.09 Å². The standard InChI is InChI=1S/C19H22N3O8P/c1-12-10-22(19(26)20-17(12)23)16-9-8-15(29-16)11-28-31(27,21-13(2)18(24)25)30-14-6-4-3-5-7-14/h3-10,13,15-16H,11H2,1-2H3,(H,21,27)(H,24,25)(H,20,23,26)/t13?,15-,16+,31?/m0/s1. The largest absolute Gasteiger partial charge is 0.480 e. The van der Waals surface area contributed by atoms with Crippen LogP contribution >= 0.6 is 7.75 Å². The van der Waals surface area contributed by atoms with Crippen molar-refractivity contribution in [1.82, 2.24) is 14.6 Å². The molecule has 0 radical (unpaired) electrons. The van der Waals surface area contributed by atoms with Gasteiger partial charge in [-0.1, -0.05) is 24.3 Å². The molecule has 2 heterocycles. The molecule has 166 valence electrons. The molecule has 0 amide bonds. The quantitative estimate of drug-likeness (QED) is 0.381. The number of aliphatic carboxylic acids is 1. The number of rotatable bonds is 9. The zero-order chi connectivity index (χ0) is 22.6. The number of H-pyrrole nitrogens is 1. The lowest BCUT2D eigenvalue weighted by Gasteiger charge is -2.23. The number of benzene rings is 1. The predicted molar refractivity (Wildman–Crippen MR) is 110 cm³/mol. The SMILES string of the molecule is Cc1cn([C@H]2C=C[C@@H](COP(=O)(NC(C)C(=O)O)Oc3ccccc3)O2)c(=O)[nH]c1=O. The van der Waals surface area contributed by atoms with Crippen molar-refractivity contribution >= 4 is 13.7 Å². The molecule has 1 aliphatic rings. The zero-order valence-corrected chi connectivity index (χ0v) is 17.7. The van der Waals surface area contributed by atoms with E-state index in [0.717, 1.165) is 0 Å². The van der Waals surface area contributed by atoms with Crippen LogP contribution < -0.4 is 20.9 Å². The number of carboxylic acids is 1. The van der Waals surface area contributed by atoms with E-state index in [9.17, 15) is 18.9 Å². The van der Waals surface area contributed by atoms with Crippen molar-refractivity contribution in [1.29, 1.82) is 0 Å². The van der Waals surface area contributed by atoms with Crippen LogP contribution in [0.15, 0.2) is 58.3 Å². The van der Waals surface area contributed by atoms with Gasteiger partial charge in [-0.3, -0.25) is 23.7 Å². The van der Waals surface area contributed by atoms with Gasteiger partial charge in [0.2, 0.25) is 0 Å². The molecule has 1 aliphatic heterocycles. The molecule has 0 spiro atoms. The molecular weight excluding hydrogens is 429 g/mol. The molecule has 12 heteroatoms. The molecule has 0 fully saturated rings. The summed E-state index contributed by atoms with van der Waals surface area (Å²) in [6.45, 7) is 2.62. The van der Waals surface area contributed by atoms with E-state index < -0.39 is 43.3 Å². The van der Waals surface area contributed by atoms with E-state index in [1.165, 1.54) is 17.7 Å². The summed E-state index contributed by atoms with van der Waals surface area (Å²) in [6, 6.07) is 6.97. The fourth-order valence-corrected chi connectivity index (χ4v) is 4.20. The smallest absolute Gasteiger partial charge is 0.459 e. The fraction of sp³-hybridized carbons (Fsp3) is 0.316. The molecule has 3 rings (SSSR count). The van der Waals surface area contributed by atoms with Gasteiger partial charge in [0.25, 0.3) is 5.56 Å². The number of aromatic nitrogens is 2. The minimum atomic E-state index is -4.08. The maximum Gasteiger partial charge on any atom is 0.459 e. The molecule has 0 bridgehead atoms. The van der Waals surface area contributed by atoms with Gasteiger partial charge in [0, 0.05) is 11.8 Å². The summed E-state index contributed by atoms with van der Waals surface area (Å²) in [6.07, 6.45) is 3.07. The Balaban J connectivity index is 1.69. The van der Waals surface area contributed by atoms with Gasteiger partial charge < -0.3 is 14.4 Å². The first-order chi connectivity index (χ1) is 14.7. The molecule has 2 unspecified atom stereocenters. The van der Waals surface area contributed by atoms with Crippen molar-refractivity contribution in [2.45, 2.75) is 32.2 Å². The van der Waals surface area contributed by atoms with E-state index in [1.807, 2.05) is 0 Å². The number of ether oxygens (including phenoxy) is 1. The molecule has 0 saturated heterocycles. The highest BCUT2D eigenvalue weighted by molar-refractivity contribution is 7.52. The summed E-state index contributed by atoms with van der Waals surface area (Å²) < 4.78 is 30.9. The van der Waals surface area contributed by atoms with Crippen LogP contribution in [-0.2, 0) is 18.6 Å². The number of aromatic amines is 1. The second-order valence-electron chi connectivity index (χ2n) is 6.82. The lowest BCUT2D eigenvalue weighted by Crippen LogP contribution is -2.35. The van der Waals surface area contributed by atoms with Crippen LogP contribution in [0.1, 0.15) is 18.7 Å². The minimum absolute atomic E-state index is 0.229. The average Bonchev–Trinajstić information content (AvgIpc) is 3.19. The highest BCUT2D eigenvalue weighted by Crippen LogP contribution is 2.45. The number of hydrogen-bond donors (Lipinski definition) is 3. The lowest BCUT2D eigenvalue weighted by atomic mass is 10.3. The Morgan fingerprint density at radius 3 is 2.71 bits per heavy atom. The van der Waals surface area contributed by atoms with Gasteiger partial charge in [-0.15, -0.1) is 0 Å². The Kier molecular flexibility index (Phi) is 6.91. The van der Waals surface area contributed by atoms with E-state index >= 15 is 0 Å². The number of para-hydroxylation sites is 1. The Bertz CT molecular complexity index is 1130. The van der Waals surface area contributed by atoms with Crippen LogP contribution in [0.2, 0.25) is 0 Å². The van der Waals surface area contributed by atoms with Gasteiger partial charge >= 0.3 is 19.4 Å². The number of nitrogens with zero attached hydrogens (tertiary/aromatic N) is 1. The molecule has 2 aromatic rings. The van der Waals surface area contributed by atoms with Gasteiger partial charge in [-0.05, 0) is 32.1 Å². The summed E-state index contributed by atoms with van der Waals surface area (Å²) >= 11 is 0. The Morgan fingerprint density at radius 2 is 2.03 bits per heavy atom.